The summed E-state index contributed by atoms with van der Waals surface area (Å²) in [5, 5.41) is 17.6. The highest BCUT2D eigenvalue weighted by Gasteiger charge is 2.06. The van der Waals surface area contributed by atoms with Crippen LogP contribution in [0.5, 0.6) is 11.5 Å². The molecule has 6 nitrogen and oxygen atoms in total. The van der Waals surface area contributed by atoms with Crippen molar-refractivity contribution >= 4 is 47.6 Å². The molecule has 44 heavy (non-hydrogen) atoms. The molecule has 226 valence electrons. The van der Waals surface area contributed by atoms with Gasteiger partial charge in [0, 0.05) is 21.3 Å². The minimum absolute atomic E-state index is 0.341. The molecule has 0 spiro atoms. The second-order valence-corrected chi connectivity index (χ2v) is 12.1. The van der Waals surface area contributed by atoms with Crippen LogP contribution in [0.15, 0.2) is 107 Å². The van der Waals surface area contributed by atoms with Crippen molar-refractivity contribution in [3.05, 3.63) is 119 Å². The molecule has 0 heterocycles. The summed E-state index contributed by atoms with van der Waals surface area (Å²) in [6.45, 7) is 3.15. The Bertz CT molecular complexity index is 1500. The fourth-order valence-corrected chi connectivity index (χ4v) is 5.88. The Labute approximate surface area is 266 Å². The molecule has 0 amide bonds. The highest BCUT2D eigenvalue weighted by atomic mass is 32.2. The maximum Gasteiger partial charge on any atom is 0.341 e. The molecule has 0 aliphatic carbocycles. The van der Waals surface area contributed by atoms with Gasteiger partial charge in [0.2, 0.25) is 0 Å². The maximum absolute atomic E-state index is 10.7. The van der Waals surface area contributed by atoms with Crippen LogP contribution in [0.2, 0.25) is 0 Å². The van der Waals surface area contributed by atoms with Crippen LogP contribution in [0.25, 0.3) is 23.3 Å². The van der Waals surface area contributed by atoms with Crippen LogP contribution < -0.4 is 9.47 Å². The topological polar surface area (TPSA) is 93.1 Å². The van der Waals surface area contributed by atoms with Crippen molar-refractivity contribution in [3.63, 3.8) is 0 Å². The summed E-state index contributed by atoms with van der Waals surface area (Å²) in [5.74, 6) is 0.850. The smallest absolute Gasteiger partial charge is 0.341 e. The Morgan fingerprint density at radius 3 is 1.34 bits per heavy atom. The summed E-state index contributed by atoms with van der Waals surface area (Å²) in [5.41, 5.74) is 6.43. The van der Waals surface area contributed by atoms with Crippen molar-refractivity contribution < 1.29 is 29.3 Å². The second-order valence-electron chi connectivity index (χ2n) is 9.89. The highest BCUT2D eigenvalue weighted by Crippen LogP contribution is 2.28. The quantitative estimate of drug-likeness (QED) is 0.127. The van der Waals surface area contributed by atoms with Crippen LogP contribution >= 0.6 is 23.5 Å². The van der Waals surface area contributed by atoms with Crippen molar-refractivity contribution in [2.45, 2.75) is 23.6 Å². The average molecular weight is 627 g/mol. The van der Waals surface area contributed by atoms with Gasteiger partial charge in [-0.3, -0.25) is 0 Å². The molecule has 0 aliphatic heterocycles. The van der Waals surface area contributed by atoms with Gasteiger partial charge in [0.15, 0.2) is 13.2 Å². The lowest BCUT2D eigenvalue weighted by Gasteiger charge is -2.08. The van der Waals surface area contributed by atoms with E-state index in [1.165, 1.54) is 0 Å². The van der Waals surface area contributed by atoms with Crippen molar-refractivity contribution in [2.24, 2.45) is 0 Å². The second kappa shape index (κ2) is 16.4. The molecular formula is C36H34O6S2. The molecule has 4 aromatic rings. The lowest BCUT2D eigenvalue weighted by atomic mass is 10.0. The first-order valence-corrected chi connectivity index (χ1v) is 15.9. The van der Waals surface area contributed by atoms with Gasteiger partial charge in [0.1, 0.15) is 11.5 Å². The number of carbonyl (C=O) groups is 2. The predicted octanol–water partition coefficient (Wildman–Crippen LogP) is 8.51. The Morgan fingerprint density at radius 2 is 1.00 bits per heavy atom. The number of carboxylic acids is 2. The van der Waals surface area contributed by atoms with Crippen LogP contribution in [0.4, 0.5) is 0 Å². The summed E-state index contributed by atoms with van der Waals surface area (Å²) in [7, 11) is 0. The minimum atomic E-state index is -0.987. The number of rotatable bonds is 15. The summed E-state index contributed by atoms with van der Waals surface area (Å²) < 4.78 is 10.6. The molecule has 0 atom stereocenters. The Balaban J connectivity index is 1.22. The van der Waals surface area contributed by atoms with Gasteiger partial charge in [-0.1, -0.05) is 72.8 Å². The minimum Gasteiger partial charge on any atom is -0.482 e. The Hall–Kier alpha value is -4.40. The van der Waals surface area contributed by atoms with Gasteiger partial charge in [0.05, 0.1) is 0 Å². The molecular weight excluding hydrogens is 593 g/mol. The number of aliphatic carboxylic acids is 2. The van der Waals surface area contributed by atoms with E-state index in [4.69, 9.17) is 19.7 Å². The van der Waals surface area contributed by atoms with Crippen LogP contribution in [-0.2, 0) is 9.59 Å². The van der Waals surface area contributed by atoms with Crippen molar-refractivity contribution in [1.29, 1.82) is 0 Å². The van der Waals surface area contributed by atoms with E-state index in [1.807, 2.05) is 50.2 Å². The summed E-state index contributed by atoms with van der Waals surface area (Å²) in [4.78, 5) is 23.6. The molecule has 0 saturated carbocycles. The zero-order chi connectivity index (χ0) is 31.3. The van der Waals surface area contributed by atoms with Crippen molar-refractivity contribution in [1.82, 2.24) is 0 Å². The van der Waals surface area contributed by atoms with E-state index in [0.717, 1.165) is 54.7 Å². The van der Waals surface area contributed by atoms with E-state index in [-0.39, 0.29) is 13.2 Å². The number of ether oxygens (including phenoxy) is 2. The van der Waals surface area contributed by atoms with Crippen LogP contribution in [0.3, 0.4) is 0 Å². The number of benzene rings is 4. The third-order valence-electron chi connectivity index (χ3n) is 6.46. The molecule has 0 bridgehead atoms. The molecule has 4 rings (SSSR count). The van der Waals surface area contributed by atoms with Gasteiger partial charge >= 0.3 is 11.9 Å². The maximum atomic E-state index is 10.7. The third-order valence-corrected chi connectivity index (χ3v) is 8.36. The van der Waals surface area contributed by atoms with Gasteiger partial charge in [0.25, 0.3) is 0 Å². The van der Waals surface area contributed by atoms with Gasteiger partial charge in [-0.15, -0.1) is 23.5 Å². The zero-order valence-corrected chi connectivity index (χ0v) is 26.2. The van der Waals surface area contributed by atoms with E-state index >= 15 is 0 Å². The molecule has 2 N–H and O–H groups in total. The first-order chi connectivity index (χ1) is 21.3. The van der Waals surface area contributed by atoms with Gasteiger partial charge in [-0.25, -0.2) is 9.59 Å². The number of carboxylic acid groups (broad SMARTS) is 2. The number of hydrogen-bond donors (Lipinski definition) is 2. The number of hydrogen-bond acceptors (Lipinski definition) is 6. The van der Waals surface area contributed by atoms with Gasteiger partial charge in [-0.2, -0.15) is 0 Å². The Morgan fingerprint density at radius 1 is 0.614 bits per heavy atom. The normalized spacial score (nSPS) is 11.2. The van der Waals surface area contributed by atoms with Gasteiger partial charge in [-0.05, 0) is 83.6 Å². The SMILES string of the molecule is Cc1cc(SC/C=C/c2ccc(-c3ccc(/C=C/CSc4ccc(OCC(=O)O)c(C)c4)cc3)cc2)ccc1OCC(=O)O. The van der Waals surface area contributed by atoms with E-state index < -0.39 is 11.9 Å². The molecule has 0 fully saturated rings. The Kier molecular flexibility index (Phi) is 12.2. The van der Waals surface area contributed by atoms with Crippen molar-refractivity contribution in [3.8, 4) is 22.6 Å². The van der Waals surface area contributed by atoms with Crippen molar-refractivity contribution in [2.75, 3.05) is 24.7 Å². The average Bonchev–Trinajstić information content (AvgIpc) is 3.01. The van der Waals surface area contributed by atoms with Crippen LogP contribution in [0.1, 0.15) is 22.3 Å². The highest BCUT2D eigenvalue weighted by molar-refractivity contribution is 7.99. The fourth-order valence-electron chi connectivity index (χ4n) is 4.26. The first-order valence-electron chi connectivity index (χ1n) is 14.0. The first kappa shape index (κ1) is 32.5. The van der Waals surface area contributed by atoms with E-state index in [2.05, 4.69) is 72.8 Å². The van der Waals surface area contributed by atoms with Crippen LogP contribution in [-0.4, -0.2) is 46.9 Å². The molecule has 0 saturated heterocycles. The molecule has 8 heteroatoms. The molecule has 0 unspecified atom stereocenters. The molecule has 0 aromatic heterocycles. The van der Waals surface area contributed by atoms with E-state index in [0.29, 0.717) is 11.5 Å². The number of aryl methyl sites for hydroxylation is 2. The summed E-state index contributed by atoms with van der Waals surface area (Å²) >= 11 is 3.42. The summed E-state index contributed by atoms with van der Waals surface area (Å²) in [6, 6.07) is 28.6. The summed E-state index contributed by atoms with van der Waals surface area (Å²) in [6.07, 6.45) is 8.50. The van der Waals surface area contributed by atoms with Gasteiger partial charge < -0.3 is 19.7 Å². The van der Waals surface area contributed by atoms with Crippen LogP contribution in [0, 0.1) is 13.8 Å². The largest absolute Gasteiger partial charge is 0.482 e. The third kappa shape index (κ3) is 10.4. The lowest BCUT2D eigenvalue weighted by molar-refractivity contribution is -0.140. The zero-order valence-electron chi connectivity index (χ0n) is 24.6. The lowest BCUT2D eigenvalue weighted by Crippen LogP contribution is -2.09. The van der Waals surface area contributed by atoms with E-state index in [9.17, 15) is 9.59 Å². The standard InChI is InChI=1S/C36H34O6S2/c1-25-21-31(15-17-33(25)41-23-35(37)38)43-19-3-5-27-7-11-29(12-8-27)30-13-9-28(10-14-30)6-4-20-44-32-16-18-34(26(2)22-32)42-24-36(39)40/h3-18,21-22H,19-20,23-24H2,1-2H3,(H,37,38)(H,39,40)/b5-3+,6-4+. The molecule has 0 radical (unpaired) electrons. The fraction of sp³-hybridized carbons (Fsp3) is 0.167. The molecule has 0 aliphatic rings. The predicted molar refractivity (Wildman–Crippen MR) is 180 cm³/mol. The van der Waals surface area contributed by atoms with E-state index in [1.54, 1.807) is 23.5 Å². The monoisotopic (exact) mass is 626 g/mol. The number of thioether (sulfide) groups is 2. The molecule has 4 aromatic carbocycles.